The van der Waals surface area contributed by atoms with Crippen molar-refractivity contribution in [3.05, 3.63) is 77.4 Å². The number of aromatic amines is 1. The first-order chi connectivity index (χ1) is 13.1. The van der Waals surface area contributed by atoms with Gasteiger partial charge in [0.05, 0.1) is 6.20 Å². The topological polar surface area (TPSA) is 31.9 Å². The minimum absolute atomic E-state index is 0.177. The molecule has 3 aromatic rings. The predicted molar refractivity (Wildman–Crippen MR) is 97.6 cm³/mol. The van der Waals surface area contributed by atoms with Crippen LogP contribution in [-0.2, 0) is 6.54 Å². The Morgan fingerprint density at radius 2 is 1.96 bits per heavy atom. The summed E-state index contributed by atoms with van der Waals surface area (Å²) in [6.45, 7) is 1.90. The molecule has 1 aliphatic heterocycles. The lowest BCUT2D eigenvalue weighted by Crippen LogP contribution is -2.34. The third kappa shape index (κ3) is 3.76. The number of rotatable bonds is 4. The van der Waals surface area contributed by atoms with Gasteiger partial charge in [-0.15, -0.1) is 0 Å². The van der Waals surface area contributed by atoms with Crippen LogP contribution in [0.5, 0.6) is 0 Å². The molecule has 2 heterocycles. The van der Waals surface area contributed by atoms with Gasteiger partial charge in [0.2, 0.25) is 0 Å². The van der Waals surface area contributed by atoms with E-state index in [-0.39, 0.29) is 11.7 Å². The molecule has 2 aromatic carbocycles. The van der Waals surface area contributed by atoms with E-state index in [1.807, 2.05) is 6.07 Å². The van der Waals surface area contributed by atoms with Gasteiger partial charge in [0.25, 0.3) is 0 Å². The number of nitrogens with one attached hydrogen (secondary N) is 1. The van der Waals surface area contributed by atoms with E-state index in [0.717, 1.165) is 42.3 Å². The summed E-state index contributed by atoms with van der Waals surface area (Å²) >= 11 is 0. The Balaban J connectivity index is 1.54. The van der Waals surface area contributed by atoms with Crippen LogP contribution < -0.4 is 0 Å². The first-order valence-corrected chi connectivity index (χ1v) is 9.06. The van der Waals surface area contributed by atoms with Crippen LogP contribution in [0.2, 0.25) is 0 Å². The van der Waals surface area contributed by atoms with Gasteiger partial charge in [-0.05, 0) is 43.1 Å². The van der Waals surface area contributed by atoms with E-state index in [1.54, 1.807) is 18.3 Å². The van der Waals surface area contributed by atoms with Crippen LogP contribution in [0, 0.1) is 17.5 Å². The van der Waals surface area contributed by atoms with Crippen LogP contribution in [0.15, 0.2) is 48.7 Å². The van der Waals surface area contributed by atoms with Gasteiger partial charge < -0.3 is 0 Å². The number of aromatic nitrogens is 2. The summed E-state index contributed by atoms with van der Waals surface area (Å²) in [6.07, 6.45) is 3.63. The van der Waals surface area contributed by atoms with E-state index in [1.165, 1.54) is 18.2 Å². The van der Waals surface area contributed by atoms with Crippen molar-refractivity contribution in [2.75, 3.05) is 13.1 Å². The molecule has 0 bridgehead atoms. The van der Waals surface area contributed by atoms with E-state index in [2.05, 4.69) is 15.1 Å². The van der Waals surface area contributed by atoms with Gasteiger partial charge in [-0.2, -0.15) is 5.10 Å². The minimum atomic E-state index is -0.817. The third-order valence-corrected chi connectivity index (χ3v) is 5.14. The Labute approximate surface area is 155 Å². The maximum absolute atomic E-state index is 14.0. The molecule has 4 rings (SSSR count). The molecule has 1 N–H and O–H groups in total. The Kier molecular flexibility index (Phi) is 4.99. The van der Waals surface area contributed by atoms with Crippen LogP contribution in [0.4, 0.5) is 13.2 Å². The Morgan fingerprint density at radius 1 is 1.11 bits per heavy atom. The SMILES string of the molecule is Fc1cccc(-c2cn[nH]c2[C@H]2CCCN(Cc3cccc(F)c3F)C2)c1. The average molecular weight is 371 g/mol. The Hall–Kier alpha value is -2.60. The Bertz CT molecular complexity index is 938. The summed E-state index contributed by atoms with van der Waals surface area (Å²) in [7, 11) is 0. The van der Waals surface area contributed by atoms with Gasteiger partial charge in [0.1, 0.15) is 5.82 Å². The highest BCUT2D eigenvalue weighted by atomic mass is 19.2. The number of likely N-dealkylation sites (tertiary alicyclic amines) is 1. The monoisotopic (exact) mass is 371 g/mol. The smallest absolute Gasteiger partial charge is 0.163 e. The van der Waals surface area contributed by atoms with Crippen molar-refractivity contribution in [1.29, 1.82) is 0 Å². The lowest BCUT2D eigenvalue weighted by molar-refractivity contribution is 0.196. The summed E-state index contributed by atoms with van der Waals surface area (Å²) in [4.78, 5) is 2.13. The predicted octanol–water partition coefficient (Wildman–Crippen LogP) is 4.87. The largest absolute Gasteiger partial charge is 0.298 e. The number of piperidine rings is 1. The van der Waals surface area contributed by atoms with Gasteiger partial charge in [-0.25, -0.2) is 13.2 Å². The fourth-order valence-corrected chi connectivity index (χ4v) is 3.84. The third-order valence-electron chi connectivity index (χ3n) is 5.14. The molecule has 0 aliphatic carbocycles. The summed E-state index contributed by atoms with van der Waals surface area (Å²) in [5.74, 6) is -1.70. The van der Waals surface area contributed by atoms with E-state index in [4.69, 9.17) is 0 Å². The zero-order chi connectivity index (χ0) is 18.8. The molecule has 27 heavy (non-hydrogen) atoms. The van der Waals surface area contributed by atoms with E-state index >= 15 is 0 Å². The van der Waals surface area contributed by atoms with Crippen molar-refractivity contribution in [3.63, 3.8) is 0 Å². The maximum Gasteiger partial charge on any atom is 0.163 e. The average Bonchev–Trinajstić information content (AvgIpc) is 3.16. The molecule has 1 aliphatic rings. The van der Waals surface area contributed by atoms with Crippen LogP contribution in [-0.4, -0.2) is 28.2 Å². The summed E-state index contributed by atoms with van der Waals surface area (Å²) in [5.41, 5.74) is 3.00. The maximum atomic E-state index is 14.0. The normalized spacial score (nSPS) is 18.0. The Morgan fingerprint density at radius 3 is 2.81 bits per heavy atom. The van der Waals surface area contributed by atoms with Gasteiger partial charge in [-0.3, -0.25) is 10.00 Å². The molecular formula is C21H20F3N3. The minimum Gasteiger partial charge on any atom is -0.298 e. The number of benzene rings is 2. The van der Waals surface area contributed by atoms with Gasteiger partial charge >= 0.3 is 0 Å². The first kappa shape index (κ1) is 17.8. The van der Waals surface area contributed by atoms with Gasteiger partial charge in [-0.1, -0.05) is 24.3 Å². The van der Waals surface area contributed by atoms with E-state index in [9.17, 15) is 13.2 Å². The number of nitrogens with zero attached hydrogens (tertiary/aromatic N) is 2. The molecule has 0 saturated carbocycles. The van der Waals surface area contributed by atoms with Crippen LogP contribution >= 0.6 is 0 Å². The van der Waals surface area contributed by atoms with Crippen molar-refractivity contribution in [3.8, 4) is 11.1 Å². The standard InChI is InChI=1S/C21H20F3N3/c22-17-7-1-4-14(10-17)18-11-25-26-21(18)16-6-3-9-27(13-16)12-15-5-2-8-19(23)20(15)24/h1-2,4-5,7-8,10-11,16H,3,6,9,12-13H2,(H,25,26)/t16-/m0/s1. The molecule has 1 fully saturated rings. The molecule has 140 valence electrons. The molecule has 0 spiro atoms. The molecule has 0 radical (unpaired) electrons. The molecular weight excluding hydrogens is 351 g/mol. The zero-order valence-corrected chi connectivity index (χ0v) is 14.8. The van der Waals surface area contributed by atoms with E-state index in [0.29, 0.717) is 18.7 Å². The van der Waals surface area contributed by atoms with Crippen molar-refractivity contribution in [2.24, 2.45) is 0 Å². The molecule has 6 heteroatoms. The lowest BCUT2D eigenvalue weighted by Gasteiger charge is -2.32. The molecule has 1 saturated heterocycles. The summed E-state index contributed by atoms with van der Waals surface area (Å²) < 4.78 is 41.1. The summed E-state index contributed by atoms with van der Waals surface area (Å²) in [6, 6.07) is 10.7. The first-order valence-electron chi connectivity index (χ1n) is 9.06. The van der Waals surface area contributed by atoms with E-state index < -0.39 is 11.6 Å². The van der Waals surface area contributed by atoms with Crippen LogP contribution in [0.1, 0.15) is 30.0 Å². The number of hydrogen-bond donors (Lipinski definition) is 1. The quantitative estimate of drug-likeness (QED) is 0.709. The lowest BCUT2D eigenvalue weighted by atomic mass is 9.90. The van der Waals surface area contributed by atoms with Crippen LogP contribution in [0.3, 0.4) is 0 Å². The second kappa shape index (κ2) is 7.56. The van der Waals surface area contributed by atoms with Gasteiger partial charge in [0.15, 0.2) is 11.6 Å². The number of halogens is 3. The zero-order valence-electron chi connectivity index (χ0n) is 14.8. The highest BCUT2D eigenvalue weighted by molar-refractivity contribution is 5.65. The molecule has 1 atom stereocenters. The molecule has 1 aromatic heterocycles. The number of H-pyrrole nitrogens is 1. The highest BCUT2D eigenvalue weighted by Gasteiger charge is 2.26. The highest BCUT2D eigenvalue weighted by Crippen LogP contribution is 2.33. The van der Waals surface area contributed by atoms with Gasteiger partial charge in [0, 0.05) is 35.8 Å². The fourth-order valence-electron chi connectivity index (χ4n) is 3.84. The molecule has 0 unspecified atom stereocenters. The second-order valence-electron chi connectivity index (χ2n) is 6.99. The fraction of sp³-hybridized carbons (Fsp3) is 0.286. The van der Waals surface area contributed by atoms with Crippen molar-refractivity contribution in [1.82, 2.24) is 15.1 Å². The second-order valence-corrected chi connectivity index (χ2v) is 6.99. The van der Waals surface area contributed by atoms with Crippen molar-refractivity contribution >= 4 is 0 Å². The molecule has 0 amide bonds. The van der Waals surface area contributed by atoms with Crippen molar-refractivity contribution < 1.29 is 13.2 Å². The summed E-state index contributed by atoms with van der Waals surface area (Å²) in [5, 5.41) is 7.23. The van der Waals surface area contributed by atoms with Crippen molar-refractivity contribution in [2.45, 2.75) is 25.3 Å². The van der Waals surface area contributed by atoms with Crippen LogP contribution in [0.25, 0.3) is 11.1 Å². The molecule has 3 nitrogen and oxygen atoms in total. The number of hydrogen-bond acceptors (Lipinski definition) is 2.